The quantitative estimate of drug-likeness (QED) is 0.883. The van der Waals surface area contributed by atoms with Crippen LogP contribution in [0.5, 0.6) is 0 Å². The van der Waals surface area contributed by atoms with E-state index in [-0.39, 0.29) is 0 Å². The van der Waals surface area contributed by atoms with Gasteiger partial charge in [0.25, 0.3) is 0 Å². The van der Waals surface area contributed by atoms with Gasteiger partial charge in [-0.1, -0.05) is 32.0 Å². The molecule has 0 radical (unpaired) electrons. The van der Waals surface area contributed by atoms with Gasteiger partial charge in [-0.2, -0.15) is 4.98 Å². The average Bonchev–Trinajstić information content (AvgIpc) is 2.63. The van der Waals surface area contributed by atoms with Gasteiger partial charge in [0.2, 0.25) is 5.95 Å². The molecule has 0 bridgehead atoms. The number of piperazine rings is 1. The highest BCUT2D eigenvalue weighted by Gasteiger charge is 2.19. The third-order valence-corrected chi connectivity index (χ3v) is 4.35. The Bertz CT molecular complexity index is 621. The molecule has 5 heteroatoms. The molecule has 0 spiro atoms. The molecule has 1 aliphatic heterocycles. The monoisotopic (exact) mass is 325 g/mol. The number of nitrogens with zero attached hydrogens (tertiary/aromatic N) is 4. The Hall–Kier alpha value is -2.30. The first-order valence-corrected chi connectivity index (χ1v) is 8.84. The summed E-state index contributed by atoms with van der Waals surface area (Å²) in [6, 6.07) is 12.5. The van der Waals surface area contributed by atoms with Crippen LogP contribution in [0.25, 0.3) is 0 Å². The van der Waals surface area contributed by atoms with Crippen LogP contribution < -0.4 is 15.1 Å². The first-order chi connectivity index (χ1) is 11.7. The van der Waals surface area contributed by atoms with Crippen molar-refractivity contribution in [3.63, 3.8) is 0 Å². The lowest BCUT2D eigenvalue weighted by Gasteiger charge is -2.36. The smallest absolute Gasteiger partial charge is 0.227 e. The van der Waals surface area contributed by atoms with Crippen molar-refractivity contribution in [2.75, 3.05) is 47.8 Å². The molecule has 1 saturated heterocycles. The van der Waals surface area contributed by atoms with E-state index in [0.717, 1.165) is 50.9 Å². The number of hydrogen-bond acceptors (Lipinski definition) is 5. The summed E-state index contributed by atoms with van der Waals surface area (Å²) in [6.07, 6.45) is 3.00. The summed E-state index contributed by atoms with van der Waals surface area (Å²) < 4.78 is 0. The minimum Gasteiger partial charge on any atom is -0.370 e. The van der Waals surface area contributed by atoms with Crippen LogP contribution in [-0.4, -0.2) is 42.7 Å². The number of aromatic nitrogens is 2. The first kappa shape index (κ1) is 16.6. The van der Waals surface area contributed by atoms with Crippen molar-refractivity contribution < 1.29 is 0 Å². The van der Waals surface area contributed by atoms with Crippen molar-refractivity contribution in [1.29, 1.82) is 0 Å². The molecule has 1 aromatic carbocycles. The Kier molecular flexibility index (Phi) is 5.51. The molecule has 3 rings (SSSR count). The molecule has 128 valence electrons. The van der Waals surface area contributed by atoms with E-state index >= 15 is 0 Å². The number of benzene rings is 1. The molecule has 0 atom stereocenters. The van der Waals surface area contributed by atoms with Gasteiger partial charge in [-0.3, -0.25) is 0 Å². The lowest BCUT2D eigenvalue weighted by atomic mass is 10.1. The van der Waals surface area contributed by atoms with E-state index in [2.05, 4.69) is 69.3 Å². The summed E-state index contributed by atoms with van der Waals surface area (Å²) >= 11 is 0. The van der Waals surface area contributed by atoms with Crippen LogP contribution in [0.4, 0.5) is 17.5 Å². The maximum atomic E-state index is 4.68. The van der Waals surface area contributed by atoms with Gasteiger partial charge in [0, 0.05) is 44.6 Å². The second kappa shape index (κ2) is 7.99. The van der Waals surface area contributed by atoms with E-state index < -0.39 is 0 Å². The largest absolute Gasteiger partial charge is 0.370 e. The Balaban J connectivity index is 1.56. The van der Waals surface area contributed by atoms with Gasteiger partial charge >= 0.3 is 0 Å². The minimum absolute atomic E-state index is 0.699. The first-order valence-electron chi connectivity index (χ1n) is 8.84. The van der Waals surface area contributed by atoms with Crippen LogP contribution in [0.2, 0.25) is 0 Å². The normalized spacial score (nSPS) is 15.0. The van der Waals surface area contributed by atoms with Crippen molar-refractivity contribution in [3.05, 3.63) is 42.6 Å². The standard InChI is InChI=1S/C19H27N5/c1-16(2)8-10-20-18-9-11-21-19(22-18)24-14-12-23(13-15-24)17-6-4-3-5-7-17/h3-7,9,11,16H,8,10,12-15H2,1-2H3,(H,20,21,22). The van der Waals surface area contributed by atoms with Gasteiger partial charge < -0.3 is 15.1 Å². The van der Waals surface area contributed by atoms with E-state index in [1.165, 1.54) is 5.69 Å². The predicted molar refractivity (Wildman–Crippen MR) is 101 cm³/mol. The van der Waals surface area contributed by atoms with Crippen LogP contribution in [0.15, 0.2) is 42.6 Å². The van der Waals surface area contributed by atoms with Crippen LogP contribution in [0.3, 0.4) is 0 Å². The van der Waals surface area contributed by atoms with Gasteiger partial charge in [0.05, 0.1) is 0 Å². The van der Waals surface area contributed by atoms with Gasteiger partial charge in [-0.15, -0.1) is 0 Å². The molecule has 5 nitrogen and oxygen atoms in total. The molecule has 1 aromatic heterocycles. The fourth-order valence-electron chi connectivity index (χ4n) is 2.89. The summed E-state index contributed by atoms with van der Waals surface area (Å²) in [5, 5.41) is 3.40. The van der Waals surface area contributed by atoms with Crippen molar-refractivity contribution in [3.8, 4) is 0 Å². The molecule has 24 heavy (non-hydrogen) atoms. The van der Waals surface area contributed by atoms with Crippen LogP contribution in [-0.2, 0) is 0 Å². The SMILES string of the molecule is CC(C)CCNc1ccnc(N2CCN(c3ccccc3)CC2)n1. The molecular formula is C19H27N5. The molecule has 0 saturated carbocycles. The third-order valence-electron chi connectivity index (χ3n) is 4.35. The highest BCUT2D eigenvalue weighted by Crippen LogP contribution is 2.18. The van der Waals surface area contributed by atoms with Gasteiger partial charge in [0.15, 0.2) is 0 Å². The molecule has 0 unspecified atom stereocenters. The van der Waals surface area contributed by atoms with Crippen molar-refractivity contribution >= 4 is 17.5 Å². The zero-order chi connectivity index (χ0) is 16.8. The highest BCUT2D eigenvalue weighted by molar-refractivity contribution is 5.49. The van der Waals surface area contributed by atoms with E-state index in [0.29, 0.717) is 5.92 Å². The van der Waals surface area contributed by atoms with Crippen LogP contribution in [0, 0.1) is 5.92 Å². The molecule has 0 aliphatic carbocycles. The number of para-hydroxylation sites is 1. The van der Waals surface area contributed by atoms with Crippen molar-refractivity contribution in [2.24, 2.45) is 5.92 Å². The molecular weight excluding hydrogens is 298 g/mol. The molecule has 2 aromatic rings. The topological polar surface area (TPSA) is 44.3 Å². The fourth-order valence-corrected chi connectivity index (χ4v) is 2.89. The molecule has 1 N–H and O–H groups in total. The lowest BCUT2D eigenvalue weighted by Crippen LogP contribution is -2.47. The van der Waals surface area contributed by atoms with Gasteiger partial charge in [-0.05, 0) is 30.5 Å². The van der Waals surface area contributed by atoms with E-state index in [4.69, 9.17) is 0 Å². The number of nitrogens with one attached hydrogen (secondary N) is 1. The Morgan fingerprint density at radius 1 is 1.00 bits per heavy atom. The Morgan fingerprint density at radius 3 is 2.42 bits per heavy atom. The second-order valence-electron chi connectivity index (χ2n) is 6.66. The fraction of sp³-hybridized carbons (Fsp3) is 0.474. The van der Waals surface area contributed by atoms with Crippen molar-refractivity contribution in [2.45, 2.75) is 20.3 Å². The minimum atomic E-state index is 0.699. The molecule has 1 aliphatic rings. The molecule has 0 amide bonds. The van der Waals surface area contributed by atoms with E-state index in [9.17, 15) is 0 Å². The maximum absolute atomic E-state index is 4.68. The maximum Gasteiger partial charge on any atom is 0.227 e. The van der Waals surface area contributed by atoms with Gasteiger partial charge in [-0.25, -0.2) is 4.98 Å². The van der Waals surface area contributed by atoms with Crippen LogP contribution in [0.1, 0.15) is 20.3 Å². The Labute approximate surface area is 144 Å². The second-order valence-corrected chi connectivity index (χ2v) is 6.66. The zero-order valence-electron chi connectivity index (χ0n) is 14.7. The molecule has 2 heterocycles. The summed E-state index contributed by atoms with van der Waals surface area (Å²) in [6.45, 7) is 9.32. The van der Waals surface area contributed by atoms with E-state index in [1.807, 2.05) is 12.3 Å². The number of hydrogen-bond donors (Lipinski definition) is 1. The average molecular weight is 325 g/mol. The predicted octanol–water partition coefficient (Wildman–Crippen LogP) is 3.26. The van der Waals surface area contributed by atoms with Gasteiger partial charge in [0.1, 0.15) is 5.82 Å². The Morgan fingerprint density at radius 2 is 1.71 bits per heavy atom. The van der Waals surface area contributed by atoms with Crippen molar-refractivity contribution in [1.82, 2.24) is 9.97 Å². The number of rotatable bonds is 6. The zero-order valence-corrected chi connectivity index (χ0v) is 14.7. The summed E-state index contributed by atoms with van der Waals surface area (Å²) in [5.41, 5.74) is 1.29. The van der Waals surface area contributed by atoms with Crippen LogP contribution >= 0.6 is 0 Å². The highest BCUT2D eigenvalue weighted by atomic mass is 15.3. The summed E-state index contributed by atoms with van der Waals surface area (Å²) in [7, 11) is 0. The lowest BCUT2D eigenvalue weighted by molar-refractivity contribution is 0.606. The van der Waals surface area contributed by atoms with E-state index in [1.54, 1.807) is 0 Å². The number of anilines is 3. The summed E-state index contributed by atoms with van der Waals surface area (Å²) in [4.78, 5) is 13.8. The molecule has 1 fully saturated rings. The summed E-state index contributed by atoms with van der Waals surface area (Å²) in [5.74, 6) is 2.45. The third kappa shape index (κ3) is 4.37.